The normalized spacial score (nSPS) is 40.6. The van der Waals surface area contributed by atoms with Crippen LogP contribution >= 0.6 is 0 Å². The molecule has 4 unspecified atom stereocenters. The molecule has 6 aliphatic rings. The lowest BCUT2D eigenvalue weighted by molar-refractivity contribution is -0.131. The summed E-state index contributed by atoms with van der Waals surface area (Å²) in [5.74, 6) is 1.25. The Labute approximate surface area is 249 Å². The first-order chi connectivity index (χ1) is 20.3. The van der Waals surface area contributed by atoms with Crippen LogP contribution in [-0.2, 0) is 9.47 Å². The highest BCUT2D eigenvalue weighted by Crippen LogP contribution is 2.41. The van der Waals surface area contributed by atoms with E-state index in [-0.39, 0.29) is 18.4 Å². The molecule has 1 saturated carbocycles. The Morgan fingerprint density at radius 1 is 1.10 bits per heavy atom. The van der Waals surface area contributed by atoms with E-state index in [1.54, 1.807) is 0 Å². The molecule has 4 saturated heterocycles. The molecule has 42 heavy (non-hydrogen) atoms. The average Bonchev–Trinajstić information content (AvgIpc) is 3.58. The number of likely N-dealkylation sites (N-methyl/N-ethyl adjacent to an activating group) is 2. The van der Waals surface area contributed by atoms with Crippen LogP contribution in [0.15, 0.2) is 18.2 Å². The number of nitrogens with one attached hydrogen (secondary N) is 3. The number of fused-ring (bicyclic) bond motifs is 2. The standard InChI is InChI=1S/C30H50N8O4/c1-4-37-15-33-28(31)25-29(37)38(16-32-25)30-27(40)26(39)23(42-30)12-35(2)20-9-17(10-20)5-8-24-34-21-7-6-18(19-13-41-14-19)11-22(21)36(24)3/h6-7,11,17,19-20,23-30,32-34,39-40H,4-5,8-10,12-16,31H2,1-3H3/t17?,20?,23-,24?,25?,26-,27-,28?,29?,30-/m1/s1. The summed E-state index contributed by atoms with van der Waals surface area (Å²) in [6, 6.07) is 7.33. The van der Waals surface area contributed by atoms with Gasteiger partial charge in [0.25, 0.3) is 0 Å². The van der Waals surface area contributed by atoms with Crippen molar-refractivity contribution in [1.82, 2.24) is 25.3 Å². The number of rotatable bonds is 9. The molecule has 7 rings (SSSR count). The Bertz CT molecular complexity index is 1110. The second kappa shape index (κ2) is 11.7. The second-order valence-corrected chi connectivity index (χ2v) is 13.4. The zero-order valence-electron chi connectivity index (χ0n) is 25.2. The third-order valence-electron chi connectivity index (χ3n) is 11.0. The SMILES string of the molecule is CCN1CNC(N)C2NCN([C@@H]3O[C@H](CN(C)C4CC(CCC5Nc6ccc(C7COC7)cc6N5C)C4)[C@@H](O)[C@H]3O)C21. The van der Waals surface area contributed by atoms with Gasteiger partial charge in [0.05, 0.1) is 62.5 Å². The van der Waals surface area contributed by atoms with Crippen LogP contribution in [0.3, 0.4) is 0 Å². The minimum atomic E-state index is -0.957. The summed E-state index contributed by atoms with van der Waals surface area (Å²) in [4.78, 5) is 9.16. The molecule has 8 atom stereocenters. The van der Waals surface area contributed by atoms with E-state index in [9.17, 15) is 10.2 Å². The van der Waals surface area contributed by atoms with E-state index in [4.69, 9.17) is 15.2 Å². The van der Waals surface area contributed by atoms with Crippen molar-refractivity contribution in [3.8, 4) is 0 Å². The van der Waals surface area contributed by atoms with Gasteiger partial charge in [-0.1, -0.05) is 13.0 Å². The summed E-state index contributed by atoms with van der Waals surface area (Å²) in [7, 11) is 4.33. The summed E-state index contributed by atoms with van der Waals surface area (Å²) in [6.45, 7) is 6.52. The summed E-state index contributed by atoms with van der Waals surface area (Å²) in [5.41, 5.74) is 10.2. The Morgan fingerprint density at radius 2 is 1.90 bits per heavy atom. The number of hydrogen-bond donors (Lipinski definition) is 6. The van der Waals surface area contributed by atoms with Crippen LogP contribution in [0, 0.1) is 5.92 Å². The van der Waals surface area contributed by atoms with Gasteiger partial charge in [0.15, 0.2) is 0 Å². The van der Waals surface area contributed by atoms with Crippen molar-refractivity contribution in [3.63, 3.8) is 0 Å². The third kappa shape index (κ3) is 5.13. The third-order valence-corrected chi connectivity index (χ3v) is 11.0. The Balaban J connectivity index is 0.877. The van der Waals surface area contributed by atoms with Crippen LogP contribution in [0.5, 0.6) is 0 Å². The molecule has 234 valence electrons. The summed E-state index contributed by atoms with van der Waals surface area (Å²) >= 11 is 0. The number of aliphatic hydroxyl groups excluding tert-OH is 2. The maximum absolute atomic E-state index is 11.0. The molecular formula is C30H50N8O4. The van der Waals surface area contributed by atoms with Gasteiger partial charge in [0, 0.05) is 25.6 Å². The highest BCUT2D eigenvalue weighted by molar-refractivity contribution is 5.76. The van der Waals surface area contributed by atoms with Gasteiger partial charge in [-0.2, -0.15) is 0 Å². The van der Waals surface area contributed by atoms with Gasteiger partial charge in [0.2, 0.25) is 0 Å². The Morgan fingerprint density at radius 3 is 2.64 bits per heavy atom. The molecule has 7 N–H and O–H groups in total. The second-order valence-electron chi connectivity index (χ2n) is 13.4. The highest BCUT2D eigenvalue weighted by Gasteiger charge is 2.53. The molecular weight excluding hydrogens is 536 g/mol. The van der Waals surface area contributed by atoms with Crippen molar-refractivity contribution < 1.29 is 19.7 Å². The van der Waals surface area contributed by atoms with Crippen LogP contribution in [0.25, 0.3) is 0 Å². The molecule has 1 aliphatic carbocycles. The van der Waals surface area contributed by atoms with Crippen molar-refractivity contribution >= 4 is 11.4 Å². The van der Waals surface area contributed by atoms with Crippen LogP contribution in [0.2, 0.25) is 0 Å². The number of hydrogen-bond acceptors (Lipinski definition) is 12. The van der Waals surface area contributed by atoms with Gasteiger partial charge >= 0.3 is 0 Å². The Hall–Kier alpha value is -1.58. The van der Waals surface area contributed by atoms with Crippen molar-refractivity contribution in [1.29, 1.82) is 0 Å². The van der Waals surface area contributed by atoms with Crippen molar-refractivity contribution in [2.45, 2.75) is 93.6 Å². The molecule has 1 aromatic rings. The molecule has 0 amide bonds. The first-order valence-corrected chi connectivity index (χ1v) is 16.0. The van der Waals surface area contributed by atoms with E-state index in [0.717, 1.165) is 39.0 Å². The highest BCUT2D eigenvalue weighted by atomic mass is 16.6. The fraction of sp³-hybridized carbons (Fsp3) is 0.800. The van der Waals surface area contributed by atoms with E-state index in [0.29, 0.717) is 43.9 Å². The van der Waals surface area contributed by atoms with E-state index in [1.807, 2.05) is 0 Å². The minimum absolute atomic E-state index is 0.0163. The van der Waals surface area contributed by atoms with Crippen molar-refractivity contribution in [3.05, 3.63) is 23.8 Å². The first kappa shape index (κ1) is 29.1. The van der Waals surface area contributed by atoms with Crippen LogP contribution in [0.4, 0.5) is 11.4 Å². The lowest BCUT2D eigenvalue weighted by atomic mass is 9.76. The van der Waals surface area contributed by atoms with Gasteiger partial charge in [-0.3, -0.25) is 15.5 Å². The van der Waals surface area contributed by atoms with Gasteiger partial charge in [-0.15, -0.1) is 0 Å². The van der Waals surface area contributed by atoms with Gasteiger partial charge in [-0.25, -0.2) is 4.90 Å². The average molecular weight is 587 g/mol. The lowest BCUT2D eigenvalue weighted by Gasteiger charge is -2.45. The van der Waals surface area contributed by atoms with Crippen LogP contribution in [-0.4, -0.2) is 134 Å². The van der Waals surface area contributed by atoms with E-state index < -0.39 is 24.5 Å². The molecule has 5 aliphatic heterocycles. The topological polar surface area (TPSA) is 134 Å². The maximum atomic E-state index is 11.0. The minimum Gasteiger partial charge on any atom is -0.387 e. The number of nitrogens with two attached hydrogens (primary N) is 1. The zero-order chi connectivity index (χ0) is 29.1. The smallest absolute Gasteiger partial charge is 0.142 e. The Kier molecular flexibility index (Phi) is 8.14. The summed E-state index contributed by atoms with van der Waals surface area (Å²) < 4.78 is 11.8. The summed E-state index contributed by atoms with van der Waals surface area (Å²) in [5, 5.41) is 32.6. The van der Waals surface area contributed by atoms with E-state index in [1.165, 1.54) is 23.4 Å². The predicted molar refractivity (Wildman–Crippen MR) is 161 cm³/mol. The molecule has 12 nitrogen and oxygen atoms in total. The zero-order valence-corrected chi connectivity index (χ0v) is 25.2. The number of nitrogens with zero attached hydrogens (tertiary/aromatic N) is 4. The molecule has 5 heterocycles. The molecule has 0 bridgehead atoms. The molecule has 1 aromatic carbocycles. The molecule has 0 spiro atoms. The molecule has 0 radical (unpaired) electrons. The maximum Gasteiger partial charge on any atom is 0.142 e. The fourth-order valence-corrected chi connectivity index (χ4v) is 7.98. The van der Waals surface area contributed by atoms with Crippen LogP contribution < -0.4 is 26.6 Å². The first-order valence-electron chi connectivity index (χ1n) is 16.0. The van der Waals surface area contributed by atoms with E-state index in [2.05, 4.69) is 74.8 Å². The fourth-order valence-electron chi connectivity index (χ4n) is 7.98. The predicted octanol–water partition coefficient (Wildman–Crippen LogP) is -0.350. The van der Waals surface area contributed by atoms with Crippen molar-refractivity contribution in [2.24, 2.45) is 11.7 Å². The van der Waals surface area contributed by atoms with Gasteiger partial charge in [-0.05, 0) is 62.9 Å². The monoisotopic (exact) mass is 586 g/mol. The number of anilines is 2. The quantitative estimate of drug-likeness (QED) is 0.226. The van der Waals surface area contributed by atoms with Crippen molar-refractivity contribution in [2.75, 3.05) is 64.0 Å². The van der Waals surface area contributed by atoms with Gasteiger partial charge < -0.3 is 40.5 Å². The number of benzene rings is 1. The number of ether oxygens (including phenoxy) is 2. The number of aliphatic hydroxyl groups is 2. The van der Waals surface area contributed by atoms with E-state index >= 15 is 0 Å². The summed E-state index contributed by atoms with van der Waals surface area (Å²) in [6.07, 6.45) is 1.97. The molecule has 12 heteroatoms. The molecule has 0 aromatic heterocycles. The van der Waals surface area contributed by atoms with Gasteiger partial charge in [0.1, 0.15) is 24.5 Å². The van der Waals surface area contributed by atoms with Crippen LogP contribution in [0.1, 0.15) is 44.1 Å². The molecule has 5 fully saturated rings. The lowest BCUT2D eigenvalue weighted by Crippen LogP contribution is -2.69. The largest absolute Gasteiger partial charge is 0.387 e.